The predicted octanol–water partition coefficient (Wildman–Crippen LogP) is 1.29. The van der Waals surface area contributed by atoms with Crippen molar-refractivity contribution >= 4 is 5.97 Å². The second-order valence-corrected chi connectivity index (χ2v) is 4.06. The summed E-state index contributed by atoms with van der Waals surface area (Å²) in [5.74, 6) is -0.184. The number of hydrogen-bond donors (Lipinski definition) is 0. The molecule has 1 heterocycles. The first kappa shape index (κ1) is 13.7. The molecule has 0 bridgehead atoms. The van der Waals surface area contributed by atoms with Gasteiger partial charge in [-0.2, -0.15) is 0 Å². The van der Waals surface area contributed by atoms with E-state index >= 15 is 0 Å². The maximum atomic E-state index is 11.3. The molecule has 1 aromatic heterocycles. The maximum Gasteiger partial charge on any atom is 0.320 e. The Labute approximate surface area is 102 Å². The van der Waals surface area contributed by atoms with Crippen molar-refractivity contribution in [1.82, 2.24) is 14.5 Å². The Kier molecular flexibility index (Phi) is 5.69. The third-order valence-electron chi connectivity index (χ3n) is 2.40. The summed E-state index contributed by atoms with van der Waals surface area (Å²) in [5.41, 5.74) is 1.12. The fourth-order valence-corrected chi connectivity index (χ4v) is 1.68. The molecule has 0 saturated heterocycles. The van der Waals surface area contributed by atoms with Crippen molar-refractivity contribution in [3.8, 4) is 0 Å². The molecule has 0 unspecified atom stereocenters. The number of likely N-dealkylation sites (N-methyl/N-ethyl adjacent to an activating group) is 1. The monoisotopic (exact) mass is 239 g/mol. The van der Waals surface area contributed by atoms with Crippen LogP contribution in [-0.4, -0.2) is 40.6 Å². The smallest absolute Gasteiger partial charge is 0.320 e. The molecule has 0 spiro atoms. The quantitative estimate of drug-likeness (QED) is 0.673. The molecule has 0 saturated carbocycles. The molecule has 0 radical (unpaired) electrons. The van der Waals surface area contributed by atoms with E-state index in [1.807, 2.05) is 31.4 Å². The normalized spacial score (nSPS) is 10.8. The molecule has 5 heteroatoms. The molecule has 0 aliphatic heterocycles. The van der Waals surface area contributed by atoms with Gasteiger partial charge in [0.25, 0.3) is 0 Å². The number of nitrogens with zero attached hydrogens (tertiary/aromatic N) is 3. The number of ether oxygens (including phenoxy) is 1. The summed E-state index contributed by atoms with van der Waals surface area (Å²) < 4.78 is 7.02. The Morgan fingerprint density at radius 3 is 2.94 bits per heavy atom. The van der Waals surface area contributed by atoms with E-state index in [0.29, 0.717) is 19.7 Å². The summed E-state index contributed by atoms with van der Waals surface area (Å²) >= 11 is 0. The topological polar surface area (TPSA) is 47.4 Å². The number of carbonyl (C=O) groups excluding carboxylic acids is 1. The average Bonchev–Trinajstić information content (AvgIpc) is 2.66. The SMILES string of the molecule is CCCn1cncc1CN(C)CC(=O)OCC. The van der Waals surface area contributed by atoms with E-state index in [0.717, 1.165) is 18.7 Å². The number of hydrogen-bond acceptors (Lipinski definition) is 4. The van der Waals surface area contributed by atoms with E-state index < -0.39 is 0 Å². The zero-order chi connectivity index (χ0) is 12.7. The van der Waals surface area contributed by atoms with Gasteiger partial charge in [-0.3, -0.25) is 9.69 Å². The summed E-state index contributed by atoms with van der Waals surface area (Å²) in [5, 5.41) is 0. The van der Waals surface area contributed by atoms with Crippen LogP contribution in [-0.2, 0) is 22.6 Å². The van der Waals surface area contributed by atoms with Gasteiger partial charge < -0.3 is 9.30 Å². The van der Waals surface area contributed by atoms with Crippen LogP contribution in [0.1, 0.15) is 26.0 Å². The predicted molar refractivity (Wildman–Crippen MR) is 65.5 cm³/mol. The minimum absolute atomic E-state index is 0.184. The second-order valence-electron chi connectivity index (χ2n) is 4.06. The largest absolute Gasteiger partial charge is 0.465 e. The molecular formula is C12H21N3O2. The first-order chi connectivity index (χ1) is 8.17. The van der Waals surface area contributed by atoms with Crippen LogP contribution in [0.25, 0.3) is 0 Å². The third-order valence-corrected chi connectivity index (χ3v) is 2.40. The van der Waals surface area contributed by atoms with E-state index in [1.165, 1.54) is 0 Å². The molecule has 0 atom stereocenters. The van der Waals surface area contributed by atoms with Gasteiger partial charge in [-0.05, 0) is 20.4 Å². The van der Waals surface area contributed by atoms with Crippen molar-refractivity contribution in [1.29, 1.82) is 0 Å². The van der Waals surface area contributed by atoms with Crippen LogP contribution in [0.2, 0.25) is 0 Å². The van der Waals surface area contributed by atoms with Gasteiger partial charge in [-0.15, -0.1) is 0 Å². The molecule has 0 aliphatic carbocycles. The zero-order valence-electron chi connectivity index (χ0n) is 10.8. The minimum Gasteiger partial charge on any atom is -0.465 e. The van der Waals surface area contributed by atoms with Gasteiger partial charge in [-0.1, -0.05) is 6.92 Å². The molecule has 0 N–H and O–H groups in total. The van der Waals surface area contributed by atoms with Crippen LogP contribution in [0.4, 0.5) is 0 Å². The Hall–Kier alpha value is -1.36. The number of aromatic nitrogens is 2. The summed E-state index contributed by atoms with van der Waals surface area (Å²) in [7, 11) is 1.90. The van der Waals surface area contributed by atoms with Gasteiger partial charge in [0.2, 0.25) is 0 Å². The molecule has 0 aromatic carbocycles. The highest BCUT2D eigenvalue weighted by Gasteiger charge is 2.10. The van der Waals surface area contributed by atoms with Gasteiger partial charge in [0, 0.05) is 19.3 Å². The Morgan fingerprint density at radius 1 is 1.53 bits per heavy atom. The third kappa shape index (κ3) is 4.56. The fourth-order valence-electron chi connectivity index (χ4n) is 1.68. The summed E-state index contributed by atoms with van der Waals surface area (Å²) in [6.45, 7) is 6.35. The van der Waals surface area contributed by atoms with E-state index in [-0.39, 0.29) is 5.97 Å². The number of imidazole rings is 1. The van der Waals surface area contributed by atoms with Crippen LogP contribution in [0.3, 0.4) is 0 Å². The van der Waals surface area contributed by atoms with Crippen molar-refractivity contribution in [2.45, 2.75) is 33.4 Å². The molecular weight excluding hydrogens is 218 g/mol. The Balaban J connectivity index is 2.46. The average molecular weight is 239 g/mol. The maximum absolute atomic E-state index is 11.3. The number of rotatable bonds is 7. The van der Waals surface area contributed by atoms with Crippen molar-refractivity contribution in [3.63, 3.8) is 0 Å². The highest BCUT2D eigenvalue weighted by atomic mass is 16.5. The second kappa shape index (κ2) is 7.06. The van der Waals surface area contributed by atoms with Gasteiger partial charge >= 0.3 is 5.97 Å². The van der Waals surface area contributed by atoms with Crippen molar-refractivity contribution in [2.75, 3.05) is 20.2 Å². The highest BCUT2D eigenvalue weighted by Crippen LogP contribution is 2.04. The number of aryl methyl sites for hydroxylation is 1. The van der Waals surface area contributed by atoms with E-state index in [1.54, 1.807) is 0 Å². The molecule has 17 heavy (non-hydrogen) atoms. The first-order valence-electron chi connectivity index (χ1n) is 6.00. The van der Waals surface area contributed by atoms with Gasteiger partial charge in [0.15, 0.2) is 0 Å². The standard InChI is InChI=1S/C12H21N3O2/c1-4-6-15-10-13-7-11(15)8-14(3)9-12(16)17-5-2/h7,10H,4-6,8-9H2,1-3H3. The van der Waals surface area contributed by atoms with Crippen molar-refractivity contribution < 1.29 is 9.53 Å². The van der Waals surface area contributed by atoms with Crippen LogP contribution in [0.5, 0.6) is 0 Å². The summed E-state index contributed by atoms with van der Waals surface area (Å²) in [6.07, 6.45) is 4.75. The first-order valence-corrected chi connectivity index (χ1v) is 6.00. The number of esters is 1. The lowest BCUT2D eigenvalue weighted by Gasteiger charge is -2.16. The van der Waals surface area contributed by atoms with Crippen LogP contribution >= 0.6 is 0 Å². The lowest BCUT2D eigenvalue weighted by Crippen LogP contribution is -2.27. The fraction of sp³-hybridized carbons (Fsp3) is 0.667. The minimum atomic E-state index is -0.184. The van der Waals surface area contributed by atoms with Crippen LogP contribution in [0, 0.1) is 0 Å². The lowest BCUT2D eigenvalue weighted by molar-refractivity contribution is -0.144. The molecule has 1 rings (SSSR count). The molecule has 1 aromatic rings. The van der Waals surface area contributed by atoms with E-state index in [9.17, 15) is 4.79 Å². The van der Waals surface area contributed by atoms with Gasteiger partial charge in [-0.25, -0.2) is 4.98 Å². The molecule has 0 fully saturated rings. The Bertz CT molecular complexity index is 349. The van der Waals surface area contributed by atoms with Crippen molar-refractivity contribution in [2.24, 2.45) is 0 Å². The summed E-state index contributed by atoms with van der Waals surface area (Å²) in [4.78, 5) is 17.4. The highest BCUT2D eigenvalue weighted by molar-refractivity contribution is 5.71. The lowest BCUT2D eigenvalue weighted by atomic mass is 10.4. The van der Waals surface area contributed by atoms with E-state index in [4.69, 9.17) is 4.74 Å². The zero-order valence-corrected chi connectivity index (χ0v) is 10.8. The molecule has 0 aliphatic rings. The van der Waals surface area contributed by atoms with Crippen LogP contribution < -0.4 is 0 Å². The molecule has 5 nitrogen and oxygen atoms in total. The molecule has 0 amide bonds. The summed E-state index contributed by atoms with van der Waals surface area (Å²) in [6, 6.07) is 0. The Morgan fingerprint density at radius 2 is 2.29 bits per heavy atom. The number of carbonyl (C=O) groups is 1. The van der Waals surface area contributed by atoms with Gasteiger partial charge in [0.05, 0.1) is 25.2 Å². The van der Waals surface area contributed by atoms with E-state index in [2.05, 4.69) is 16.5 Å². The van der Waals surface area contributed by atoms with Crippen LogP contribution in [0.15, 0.2) is 12.5 Å². The van der Waals surface area contributed by atoms with Crippen molar-refractivity contribution in [3.05, 3.63) is 18.2 Å². The molecule has 96 valence electrons. The van der Waals surface area contributed by atoms with Gasteiger partial charge in [0.1, 0.15) is 0 Å².